The van der Waals surface area contributed by atoms with Crippen molar-refractivity contribution >= 4 is 17.2 Å². The average molecular weight is 513 g/mol. The summed E-state index contributed by atoms with van der Waals surface area (Å²) in [7, 11) is 0. The number of amides is 1. The molecule has 1 amide bonds. The summed E-state index contributed by atoms with van der Waals surface area (Å²) in [4.78, 5) is 17.8. The van der Waals surface area contributed by atoms with Gasteiger partial charge in [0.15, 0.2) is 0 Å². The van der Waals surface area contributed by atoms with Gasteiger partial charge in [-0.3, -0.25) is 15.0 Å². The number of carbonyl (C=O) groups excluding carboxylic acids is 1. The number of carbonyl (C=O) groups is 1. The standard InChI is InChI=1S/C30H33N5O3/c31-24-17-23(25-4-1-2-15-32-25)26(34-29(36)28-6-3-5-27(35(28)38)19-7-8-19)16-20(24)18-33-22-11-13-30(37,14-12-22)21-9-10-21/h1-6,15-19,21-22,31,36-38H,7-14H2/p+1/t22-,30-. The third kappa shape index (κ3) is 5.00. The van der Waals surface area contributed by atoms with Gasteiger partial charge in [0.1, 0.15) is 0 Å². The predicted octanol–water partition coefficient (Wildman–Crippen LogP) is 3.77. The summed E-state index contributed by atoms with van der Waals surface area (Å²) in [6.45, 7) is 0. The molecule has 0 saturated heterocycles. The molecular formula is C30H34N5O3+. The van der Waals surface area contributed by atoms with Gasteiger partial charge in [0, 0.05) is 52.4 Å². The van der Waals surface area contributed by atoms with E-state index in [-0.39, 0.29) is 17.7 Å². The summed E-state index contributed by atoms with van der Waals surface area (Å²) in [5.41, 5.74) is 3.15. The summed E-state index contributed by atoms with van der Waals surface area (Å²) < 4.78 is 0.993. The van der Waals surface area contributed by atoms with Crippen molar-refractivity contribution in [3.63, 3.8) is 0 Å². The lowest BCUT2D eigenvalue weighted by molar-refractivity contribution is -0.910. The van der Waals surface area contributed by atoms with Gasteiger partial charge < -0.3 is 21.1 Å². The number of pyridine rings is 2. The van der Waals surface area contributed by atoms with Crippen LogP contribution >= 0.6 is 0 Å². The molecule has 196 valence electrons. The molecule has 38 heavy (non-hydrogen) atoms. The number of aliphatic hydroxyl groups is 1. The fourth-order valence-corrected chi connectivity index (χ4v) is 5.66. The monoisotopic (exact) mass is 512 g/mol. The molecule has 2 heterocycles. The minimum atomic E-state index is -0.499. The maximum atomic E-state index is 13.3. The lowest BCUT2D eigenvalue weighted by Crippen LogP contribution is -2.44. The summed E-state index contributed by atoms with van der Waals surface area (Å²) in [5, 5.41) is 36.7. The zero-order valence-electron chi connectivity index (χ0n) is 21.4. The lowest BCUT2D eigenvalue weighted by Gasteiger charge is -2.36. The maximum Gasteiger partial charge on any atom is 0.325 e. The van der Waals surface area contributed by atoms with Crippen molar-refractivity contribution in [1.82, 2.24) is 15.6 Å². The fraction of sp³-hybridized carbons (Fsp3) is 0.400. The molecule has 8 nitrogen and oxygen atoms in total. The van der Waals surface area contributed by atoms with E-state index in [9.17, 15) is 15.1 Å². The van der Waals surface area contributed by atoms with Crippen molar-refractivity contribution in [1.29, 1.82) is 5.41 Å². The molecule has 0 aliphatic heterocycles. The predicted molar refractivity (Wildman–Crippen MR) is 142 cm³/mol. The lowest BCUT2D eigenvalue weighted by atomic mass is 9.79. The van der Waals surface area contributed by atoms with E-state index >= 15 is 0 Å². The van der Waals surface area contributed by atoms with E-state index in [1.165, 1.54) is 0 Å². The van der Waals surface area contributed by atoms with Gasteiger partial charge >= 0.3 is 11.6 Å². The Morgan fingerprint density at radius 3 is 2.53 bits per heavy atom. The Balaban J connectivity index is 1.23. The van der Waals surface area contributed by atoms with E-state index < -0.39 is 11.5 Å². The SMILES string of the molecule is N=C1C=C(c2ccccn2)C(NC(=O)c2cccc(C3CC3)[n+]2O)=C/C1=C/N[C@H]1CC[C@@](O)(C2CC2)CC1. The molecule has 0 spiro atoms. The molecule has 2 aromatic rings. The van der Waals surface area contributed by atoms with E-state index in [0.29, 0.717) is 34.2 Å². The molecule has 0 radical (unpaired) electrons. The molecule has 4 aliphatic carbocycles. The molecule has 3 saturated carbocycles. The smallest absolute Gasteiger partial charge is 0.325 e. The topological polar surface area (TPSA) is 122 Å². The number of nitrogens with zero attached hydrogens (tertiary/aromatic N) is 2. The van der Waals surface area contributed by atoms with Gasteiger partial charge in [-0.2, -0.15) is 0 Å². The van der Waals surface area contributed by atoms with Crippen molar-refractivity contribution in [3.05, 3.63) is 89.3 Å². The summed E-state index contributed by atoms with van der Waals surface area (Å²) in [5.74, 6) is 0.322. The van der Waals surface area contributed by atoms with Gasteiger partial charge in [0.25, 0.3) is 0 Å². The highest BCUT2D eigenvalue weighted by Crippen LogP contribution is 2.47. The molecule has 8 heteroatoms. The third-order valence-electron chi connectivity index (χ3n) is 8.26. The molecule has 0 bridgehead atoms. The number of nitrogens with one attached hydrogen (secondary N) is 3. The van der Waals surface area contributed by atoms with Crippen LogP contribution in [0.15, 0.2) is 72.2 Å². The van der Waals surface area contributed by atoms with Crippen LogP contribution in [0, 0.1) is 11.3 Å². The number of allylic oxidation sites excluding steroid dienone is 4. The fourth-order valence-electron chi connectivity index (χ4n) is 5.66. The van der Waals surface area contributed by atoms with Crippen LogP contribution in [0.25, 0.3) is 5.57 Å². The molecule has 6 rings (SSSR count). The highest BCUT2D eigenvalue weighted by Gasteiger charge is 2.45. The maximum absolute atomic E-state index is 13.3. The Labute approximate surface area is 222 Å². The van der Waals surface area contributed by atoms with Crippen LogP contribution in [0.3, 0.4) is 0 Å². The van der Waals surface area contributed by atoms with E-state index in [0.717, 1.165) is 61.8 Å². The van der Waals surface area contributed by atoms with Crippen LogP contribution < -0.4 is 15.4 Å². The molecule has 2 aromatic heterocycles. The van der Waals surface area contributed by atoms with Crippen LogP contribution in [0.5, 0.6) is 0 Å². The van der Waals surface area contributed by atoms with Gasteiger partial charge in [-0.25, -0.2) is 0 Å². The molecule has 4 aliphatic rings. The van der Waals surface area contributed by atoms with Crippen LogP contribution in [0.4, 0.5) is 0 Å². The quantitative estimate of drug-likeness (QED) is 0.286. The molecule has 3 fully saturated rings. The average Bonchev–Trinajstić information content (AvgIpc) is 3.83. The number of hydrogen-bond acceptors (Lipinski definition) is 6. The van der Waals surface area contributed by atoms with Gasteiger partial charge in [-0.05, 0) is 87.6 Å². The first-order chi connectivity index (χ1) is 18.4. The molecule has 0 unspecified atom stereocenters. The number of rotatable bonds is 7. The minimum Gasteiger partial charge on any atom is -0.390 e. The third-order valence-corrected chi connectivity index (χ3v) is 8.26. The van der Waals surface area contributed by atoms with Gasteiger partial charge in [-0.15, -0.1) is 0 Å². The molecule has 0 atom stereocenters. The van der Waals surface area contributed by atoms with Crippen LogP contribution in [0.1, 0.15) is 79.2 Å². The summed E-state index contributed by atoms with van der Waals surface area (Å²) in [6, 6.07) is 11.0. The van der Waals surface area contributed by atoms with E-state index in [1.54, 1.807) is 30.5 Å². The first-order valence-corrected chi connectivity index (χ1v) is 13.6. The van der Waals surface area contributed by atoms with Crippen molar-refractivity contribution in [2.24, 2.45) is 5.92 Å². The van der Waals surface area contributed by atoms with Crippen LogP contribution in [-0.2, 0) is 0 Å². The second-order valence-corrected chi connectivity index (χ2v) is 11.0. The number of aromatic nitrogens is 2. The van der Waals surface area contributed by atoms with Crippen LogP contribution in [0.2, 0.25) is 0 Å². The van der Waals surface area contributed by atoms with Crippen molar-refractivity contribution in [3.8, 4) is 0 Å². The van der Waals surface area contributed by atoms with Crippen molar-refractivity contribution < 1.29 is 19.8 Å². The molecular weight excluding hydrogens is 478 g/mol. The highest BCUT2D eigenvalue weighted by atomic mass is 16.5. The zero-order valence-corrected chi connectivity index (χ0v) is 21.4. The Kier molecular flexibility index (Phi) is 6.35. The molecule has 5 N–H and O–H groups in total. The Bertz CT molecular complexity index is 1350. The second kappa shape index (κ2) is 9.83. The first-order valence-electron chi connectivity index (χ1n) is 13.6. The van der Waals surface area contributed by atoms with Gasteiger partial charge in [-0.1, -0.05) is 6.07 Å². The Hall–Kier alpha value is -3.78. The summed E-state index contributed by atoms with van der Waals surface area (Å²) in [6.07, 6.45) is 14.7. The summed E-state index contributed by atoms with van der Waals surface area (Å²) >= 11 is 0. The number of hydrogen-bond donors (Lipinski definition) is 5. The van der Waals surface area contributed by atoms with E-state index in [2.05, 4.69) is 15.6 Å². The van der Waals surface area contributed by atoms with Crippen LogP contribution in [-0.4, -0.2) is 38.6 Å². The largest absolute Gasteiger partial charge is 0.390 e. The molecule has 0 aromatic carbocycles. The Morgan fingerprint density at radius 1 is 1.05 bits per heavy atom. The van der Waals surface area contributed by atoms with Gasteiger partial charge in [0.05, 0.1) is 22.7 Å². The van der Waals surface area contributed by atoms with Crippen molar-refractivity contribution in [2.45, 2.75) is 68.9 Å². The zero-order chi connectivity index (χ0) is 26.3. The first kappa shape index (κ1) is 24.6. The van der Waals surface area contributed by atoms with Gasteiger partial charge in [0.2, 0.25) is 5.69 Å². The van der Waals surface area contributed by atoms with Crippen molar-refractivity contribution in [2.75, 3.05) is 0 Å². The highest BCUT2D eigenvalue weighted by molar-refractivity contribution is 6.16. The van der Waals surface area contributed by atoms with E-state index in [4.69, 9.17) is 5.41 Å². The minimum absolute atomic E-state index is 0.158. The Morgan fingerprint density at radius 2 is 1.84 bits per heavy atom. The van der Waals surface area contributed by atoms with E-state index in [1.807, 2.05) is 30.5 Å². The second-order valence-electron chi connectivity index (χ2n) is 11.0. The normalized spacial score (nSPS) is 26.5.